The molecule has 4 rings (SSSR count). The molecule has 0 saturated carbocycles. The quantitative estimate of drug-likeness (QED) is 0.409. The Hall–Kier alpha value is -3.86. The summed E-state index contributed by atoms with van der Waals surface area (Å²) in [6.07, 6.45) is 3.48. The van der Waals surface area contributed by atoms with Crippen LogP contribution in [0.1, 0.15) is 16.7 Å². The highest BCUT2D eigenvalue weighted by Crippen LogP contribution is 2.29. The minimum absolute atomic E-state index is 0.276. The molecule has 0 aliphatic carbocycles. The number of halogens is 1. The molecule has 0 aromatic heterocycles. The molecule has 0 saturated heterocycles. The Balaban J connectivity index is 1.44. The average molecular weight is 402 g/mol. The van der Waals surface area contributed by atoms with Gasteiger partial charge in [0, 0.05) is 5.56 Å². The lowest BCUT2D eigenvalue weighted by Gasteiger charge is -2.06. The summed E-state index contributed by atoms with van der Waals surface area (Å²) in [6, 6.07) is 20.9. The molecule has 0 amide bonds. The Morgan fingerprint density at radius 2 is 1.70 bits per heavy atom. The van der Waals surface area contributed by atoms with Crippen LogP contribution in [0.15, 0.2) is 84.4 Å². The van der Waals surface area contributed by atoms with Gasteiger partial charge in [-0.2, -0.15) is 0 Å². The highest BCUT2D eigenvalue weighted by atomic mass is 19.1. The zero-order valence-corrected chi connectivity index (χ0v) is 16.3. The van der Waals surface area contributed by atoms with E-state index >= 15 is 0 Å². The van der Waals surface area contributed by atoms with Gasteiger partial charge in [0.2, 0.25) is 0 Å². The summed E-state index contributed by atoms with van der Waals surface area (Å²) in [6.45, 7) is 0.276. The zero-order valence-electron chi connectivity index (χ0n) is 16.3. The van der Waals surface area contributed by atoms with E-state index in [4.69, 9.17) is 14.2 Å². The minimum Gasteiger partial charge on any atom is -0.497 e. The van der Waals surface area contributed by atoms with Crippen LogP contribution in [0.3, 0.4) is 0 Å². The molecule has 1 aliphatic rings. The Morgan fingerprint density at radius 3 is 2.40 bits per heavy atom. The first-order chi connectivity index (χ1) is 14.6. The van der Waals surface area contributed by atoms with E-state index in [1.165, 1.54) is 12.1 Å². The minimum atomic E-state index is -0.396. The smallest absolute Gasteiger partial charge is 0.343 e. The van der Waals surface area contributed by atoms with Crippen molar-refractivity contribution in [1.82, 2.24) is 0 Å². The third kappa shape index (κ3) is 4.58. The summed E-state index contributed by atoms with van der Waals surface area (Å²) < 4.78 is 29.4. The lowest BCUT2D eigenvalue weighted by molar-refractivity contribution is -0.130. The predicted molar refractivity (Wildman–Crippen MR) is 112 cm³/mol. The molecule has 0 N–H and O–H groups in total. The number of benzene rings is 3. The van der Waals surface area contributed by atoms with Crippen LogP contribution in [0.2, 0.25) is 0 Å². The molecular weight excluding hydrogens is 383 g/mol. The van der Waals surface area contributed by atoms with Gasteiger partial charge in [0.15, 0.2) is 0 Å². The second kappa shape index (κ2) is 8.66. The van der Waals surface area contributed by atoms with Crippen LogP contribution >= 0.6 is 0 Å². The Bertz CT molecular complexity index is 1110. The Labute approximate surface area is 173 Å². The molecule has 0 atom stereocenters. The largest absolute Gasteiger partial charge is 0.497 e. The number of esters is 1. The number of carbonyl (C=O) groups is 1. The third-order valence-electron chi connectivity index (χ3n) is 4.60. The maximum Gasteiger partial charge on any atom is 0.343 e. The lowest BCUT2D eigenvalue weighted by atomic mass is 10.1. The summed E-state index contributed by atoms with van der Waals surface area (Å²) in [5.41, 5.74) is 2.86. The van der Waals surface area contributed by atoms with E-state index < -0.39 is 5.97 Å². The lowest BCUT2D eigenvalue weighted by Crippen LogP contribution is -1.97. The van der Waals surface area contributed by atoms with Gasteiger partial charge in [-0.25, -0.2) is 9.18 Å². The van der Waals surface area contributed by atoms with Crippen molar-refractivity contribution in [3.05, 3.63) is 107 Å². The SMILES string of the molecule is COc1ccc(C2=C/C(=C\c3ccc(OCc4cccc(F)c4)cc3)C(=O)O2)cc1. The van der Waals surface area contributed by atoms with Crippen LogP contribution in [0, 0.1) is 5.82 Å². The maximum absolute atomic E-state index is 13.2. The monoisotopic (exact) mass is 402 g/mol. The van der Waals surface area contributed by atoms with E-state index in [1.807, 2.05) is 36.4 Å². The second-order valence-electron chi connectivity index (χ2n) is 6.71. The summed E-state index contributed by atoms with van der Waals surface area (Å²) >= 11 is 0. The van der Waals surface area contributed by atoms with Crippen LogP contribution in [0.25, 0.3) is 11.8 Å². The topological polar surface area (TPSA) is 44.8 Å². The van der Waals surface area contributed by atoms with Crippen molar-refractivity contribution < 1.29 is 23.4 Å². The van der Waals surface area contributed by atoms with Crippen molar-refractivity contribution >= 4 is 17.8 Å². The molecule has 3 aromatic carbocycles. The number of rotatable bonds is 6. The summed E-state index contributed by atoms with van der Waals surface area (Å²) in [5.74, 6) is 1.21. The number of methoxy groups -OCH3 is 1. The van der Waals surface area contributed by atoms with Gasteiger partial charge in [-0.15, -0.1) is 0 Å². The van der Waals surface area contributed by atoms with Gasteiger partial charge in [0.05, 0.1) is 12.7 Å². The molecule has 4 nitrogen and oxygen atoms in total. The van der Waals surface area contributed by atoms with Crippen LogP contribution in [0.4, 0.5) is 4.39 Å². The molecule has 5 heteroatoms. The fraction of sp³-hybridized carbons (Fsp3) is 0.0800. The number of carbonyl (C=O) groups excluding carboxylic acids is 1. The van der Waals surface area contributed by atoms with Gasteiger partial charge < -0.3 is 14.2 Å². The number of cyclic esters (lactones) is 1. The summed E-state index contributed by atoms with van der Waals surface area (Å²) in [4.78, 5) is 12.2. The second-order valence-corrected chi connectivity index (χ2v) is 6.71. The standard InChI is InChI=1S/C25H19FO4/c1-28-22-11-7-19(8-12-22)24-15-20(25(27)30-24)13-17-5-9-23(10-6-17)29-16-18-3-2-4-21(26)14-18/h2-15H,16H2,1H3/b20-13+. The maximum atomic E-state index is 13.2. The molecular formula is C25H19FO4. The van der Waals surface area contributed by atoms with E-state index in [2.05, 4.69) is 0 Å². The van der Waals surface area contributed by atoms with Crippen molar-refractivity contribution in [2.24, 2.45) is 0 Å². The average Bonchev–Trinajstić information content (AvgIpc) is 3.13. The van der Waals surface area contributed by atoms with Crippen LogP contribution in [-0.4, -0.2) is 13.1 Å². The summed E-state index contributed by atoms with van der Waals surface area (Å²) in [5, 5.41) is 0. The predicted octanol–water partition coefficient (Wildman–Crippen LogP) is 5.39. The van der Waals surface area contributed by atoms with Gasteiger partial charge in [-0.3, -0.25) is 0 Å². The van der Waals surface area contributed by atoms with E-state index in [0.717, 1.165) is 22.4 Å². The van der Waals surface area contributed by atoms with Crippen molar-refractivity contribution in [2.45, 2.75) is 6.61 Å². The van der Waals surface area contributed by atoms with Gasteiger partial charge in [0.1, 0.15) is 29.7 Å². The molecule has 0 fully saturated rings. The molecule has 1 aliphatic heterocycles. The first kappa shape index (κ1) is 19.5. The van der Waals surface area contributed by atoms with E-state index in [1.54, 1.807) is 43.5 Å². The molecule has 0 spiro atoms. The molecule has 0 radical (unpaired) electrons. The van der Waals surface area contributed by atoms with Crippen molar-refractivity contribution in [1.29, 1.82) is 0 Å². The van der Waals surface area contributed by atoms with Crippen LogP contribution < -0.4 is 9.47 Å². The number of hydrogen-bond acceptors (Lipinski definition) is 4. The first-order valence-electron chi connectivity index (χ1n) is 9.38. The van der Waals surface area contributed by atoms with E-state index in [0.29, 0.717) is 17.1 Å². The first-order valence-corrected chi connectivity index (χ1v) is 9.38. The van der Waals surface area contributed by atoms with Gasteiger partial charge >= 0.3 is 5.97 Å². The molecule has 1 heterocycles. The molecule has 150 valence electrons. The van der Waals surface area contributed by atoms with Gasteiger partial charge in [-0.1, -0.05) is 24.3 Å². The van der Waals surface area contributed by atoms with E-state index in [9.17, 15) is 9.18 Å². The van der Waals surface area contributed by atoms with E-state index in [-0.39, 0.29) is 12.4 Å². The van der Waals surface area contributed by atoms with Gasteiger partial charge in [-0.05, 0) is 71.8 Å². The Morgan fingerprint density at radius 1 is 0.967 bits per heavy atom. The number of ether oxygens (including phenoxy) is 3. The van der Waals surface area contributed by atoms with Crippen LogP contribution in [0.5, 0.6) is 11.5 Å². The number of hydrogen-bond donors (Lipinski definition) is 0. The normalized spacial score (nSPS) is 14.4. The van der Waals surface area contributed by atoms with Crippen molar-refractivity contribution in [3.8, 4) is 11.5 Å². The van der Waals surface area contributed by atoms with Crippen LogP contribution in [-0.2, 0) is 16.1 Å². The fourth-order valence-electron chi connectivity index (χ4n) is 3.02. The zero-order chi connectivity index (χ0) is 20.9. The molecule has 0 bridgehead atoms. The molecule has 30 heavy (non-hydrogen) atoms. The highest BCUT2D eigenvalue weighted by Gasteiger charge is 2.21. The van der Waals surface area contributed by atoms with Crippen molar-refractivity contribution in [3.63, 3.8) is 0 Å². The summed E-state index contributed by atoms with van der Waals surface area (Å²) in [7, 11) is 1.60. The highest BCUT2D eigenvalue weighted by molar-refractivity contribution is 6.05. The molecule has 0 unspecified atom stereocenters. The molecule has 3 aromatic rings. The van der Waals surface area contributed by atoms with Gasteiger partial charge in [0.25, 0.3) is 0 Å². The fourth-order valence-corrected chi connectivity index (χ4v) is 3.02. The third-order valence-corrected chi connectivity index (χ3v) is 4.60. The Kier molecular flexibility index (Phi) is 5.61. The van der Waals surface area contributed by atoms with Crippen molar-refractivity contribution in [2.75, 3.05) is 7.11 Å².